The molecule has 5 rings (SSSR count). The van der Waals surface area contributed by atoms with Crippen LogP contribution in [0.4, 0.5) is 14.6 Å². The van der Waals surface area contributed by atoms with Gasteiger partial charge in [-0.1, -0.05) is 42.5 Å². The van der Waals surface area contributed by atoms with Gasteiger partial charge in [0.15, 0.2) is 7.85 Å². The molecule has 1 N–H and O–H groups in total. The molecule has 6 heteroatoms. The van der Waals surface area contributed by atoms with Gasteiger partial charge in [0.25, 0.3) is 5.92 Å². The normalized spacial score (nSPS) is 18.6. The molecule has 1 fully saturated rings. The van der Waals surface area contributed by atoms with Crippen LogP contribution in [0.3, 0.4) is 0 Å². The van der Waals surface area contributed by atoms with Gasteiger partial charge in [0, 0.05) is 18.4 Å². The summed E-state index contributed by atoms with van der Waals surface area (Å²) < 4.78 is 27.4. The number of carbonyl (C=O) groups excluding carboxylic acids is 1. The number of nitrogens with one attached hydrogen (secondary N) is 1. The monoisotopic (exact) mass is 376 g/mol. The van der Waals surface area contributed by atoms with Crippen molar-refractivity contribution in [3.8, 4) is 0 Å². The Morgan fingerprint density at radius 3 is 2.57 bits per heavy atom. The number of alkyl halides is 2. The molecule has 140 valence electrons. The molecule has 0 atom stereocenters. The van der Waals surface area contributed by atoms with Crippen LogP contribution in [0.2, 0.25) is 0 Å². The molecule has 1 aromatic heterocycles. The van der Waals surface area contributed by atoms with Crippen LogP contribution in [-0.4, -0.2) is 24.7 Å². The van der Waals surface area contributed by atoms with Crippen LogP contribution in [0, 0.1) is 0 Å². The second kappa shape index (κ2) is 5.87. The van der Waals surface area contributed by atoms with E-state index < -0.39 is 11.3 Å². The topological polar surface area (TPSA) is 42.0 Å². The average molecular weight is 376 g/mol. The molecule has 2 aromatic carbocycles. The van der Waals surface area contributed by atoms with E-state index in [9.17, 15) is 13.6 Å². The lowest BCUT2D eigenvalue weighted by Gasteiger charge is -2.17. The first kappa shape index (κ1) is 17.4. The van der Waals surface area contributed by atoms with Gasteiger partial charge in [-0.15, -0.1) is 0 Å². The number of benzene rings is 2. The number of hydrogen-bond donors (Lipinski definition) is 1. The lowest BCUT2D eigenvalue weighted by molar-refractivity contribution is -0.118. The molecule has 0 bridgehead atoms. The molecule has 0 spiro atoms. The van der Waals surface area contributed by atoms with Gasteiger partial charge < -0.3 is 5.32 Å². The van der Waals surface area contributed by atoms with E-state index in [4.69, 9.17) is 0 Å². The van der Waals surface area contributed by atoms with E-state index in [-0.39, 0.29) is 18.7 Å². The van der Waals surface area contributed by atoms with Gasteiger partial charge in [-0.25, -0.2) is 13.8 Å². The number of anilines is 1. The fourth-order valence-corrected chi connectivity index (χ4v) is 4.33. The Morgan fingerprint density at radius 2 is 1.79 bits per heavy atom. The number of fused-ring (bicyclic) bond motifs is 2. The summed E-state index contributed by atoms with van der Waals surface area (Å²) >= 11 is 0. The Balaban J connectivity index is 1.43. The smallest absolute Gasteiger partial charge is 0.256 e. The quantitative estimate of drug-likeness (QED) is 0.715. The predicted octanol–water partition coefficient (Wildman–Crippen LogP) is 2.90. The summed E-state index contributed by atoms with van der Waals surface area (Å²) in [5.41, 5.74) is 2.42. The molecule has 0 saturated heterocycles. The van der Waals surface area contributed by atoms with Gasteiger partial charge in [0.05, 0.1) is 5.41 Å². The maximum Gasteiger partial charge on any atom is 0.256 e. The molecule has 1 amide bonds. The minimum atomic E-state index is -2.67. The van der Waals surface area contributed by atoms with Gasteiger partial charge in [-0.3, -0.25) is 4.79 Å². The van der Waals surface area contributed by atoms with E-state index >= 15 is 0 Å². The molecule has 0 radical (unpaired) electrons. The Hall–Kier alpha value is -2.76. The van der Waals surface area contributed by atoms with Crippen LogP contribution < -0.4 is 10.9 Å². The largest absolute Gasteiger partial charge is 0.310 e. The van der Waals surface area contributed by atoms with Crippen molar-refractivity contribution in [1.29, 1.82) is 0 Å². The second-order valence-electron chi connectivity index (χ2n) is 8.04. The maximum absolute atomic E-state index is 13.7. The maximum atomic E-state index is 13.7. The molecule has 1 heterocycles. The van der Waals surface area contributed by atoms with Crippen LogP contribution in [-0.2, 0) is 23.1 Å². The van der Waals surface area contributed by atoms with Crippen LogP contribution in [0.15, 0.2) is 48.5 Å². The Morgan fingerprint density at radius 1 is 1.04 bits per heavy atom. The molecule has 0 unspecified atom stereocenters. The molecule has 1 saturated carbocycles. The third-order valence-electron chi connectivity index (χ3n) is 6.01. The van der Waals surface area contributed by atoms with Crippen molar-refractivity contribution in [2.45, 2.75) is 37.0 Å². The number of pyridine rings is 1. The highest BCUT2D eigenvalue weighted by Gasteiger charge is 2.52. The van der Waals surface area contributed by atoms with Gasteiger partial charge in [0.2, 0.25) is 5.91 Å². The zero-order chi connectivity index (χ0) is 19.5. The average Bonchev–Trinajstić information content (AvgIpc) is 3.39. The minimum absolute atomic E-state index is 0.112. The molecule has 2 aliphatic carbocycles. The molecule has 2 aliphatic rings. The van der Waals surface area contributed by atoms with Crippen LogP contribution in [0.25, 0.3) is 10.8 Å². The van der Waals surface area contributed by atoms with Crippen molar-refractivity contribution < 1.29 is 13.6 Å². The summed E-state index contributed by atoms with van der Waals surface area (Å²) in [6.45, 7) is 0. The second-order valence-corrected chi connectivity index (χ2v) is 8.04. The lowest BCUT2D eigenvalue weighted by atomic mass is 9.92. The van der Waals surface area contributed by atoms with E-state index in [1.54, 1.807) is 6.07 Å². The van der Waals surface area contributed by atoms with E-state index in [1.165, 1.54) is 0 Å². The van der Waals surface area contributed by atoms with Crippen molar-refractivity contribution in [1.82, 2.24) is 4.98 Å². The zero-order valence-corrected chi connectivity index (χ0v) is 15.6. The Bertz CT molecular complexity index is 1120. The van der Waals surface area contributed by atoms with Gasteiger partial charge >= 0.3 is 0 Å². The Labute approximate surface area is 162 Å². The number of aromatic nitrogens is 1. The minimum Gasteiger partial charge on any atom is -0.310 e. The summed E-state index contributed by atoms with van der Waals surface area (Å²) in [6.07, 6.45) is 1.00. The van der Waals surface area contributed by atoms with Crippen LogP contribution in [0.5, 0.6) is 0 Å². The third-order valence-corrected chi connectivity index (χ3v) is 6.01. The summed E-state index contributed by atoms with van der Waals surface area (Å²) in [4.78, 5) is 17.6. The van der Waals surface area contributed by atoms with Gasteiger partial charge in [0.1, 0.15) is 5.82 Å². The number of amides is 1. The highest BCUT2D eigenvalue weighted by atomic mass is 19.3. The lowest BCUT2D eigenvalue weighted by Crippen LogP contribution is -2.29. The summed E-state index contributed by atoms with van der Waals surface area (Å²) in [6, 6.07) is 15.2. The van der Waals surface area contributed by atoms with Crippen LogP contribution >= 0.6 is 0 Å². The highest BCUT2D eigenvalue weighted by molar-refractivity contribution is 6.37. The number of hydrogen-bond acceptors (Lipinski definition) is 2. The molecule has 0 aliphatic heterocycles. The molecule has 3 nitrogen and oxygen atoms in total. The van der Waals surface area contributed by atoms with Crippen molar-refractivity contribution in [2.24, 2.45) is 0 Å². The molecular formula is C22H19BF2N2O. The van der Waals surface area contributed by atoms with Crippen molar-refractivity contribution >= 4 is 35.9 Å². The third kappa shape index (κ3) is 2.79. The van der Waals surface area contributed by atoms with Crippen molar-refractivity contribution in [2.75, 3.05) is 5.32 Å². The first-order chi connectivity index (χ1) is 13.4. The summed E-state index contributed by atoms with van der Waals surface area (Å²) in [5, 5.41) is 5.04. The Kier molecular flexibility index (Phi) is 3.64. The van der Waals surface area contributed by atoms with Crippen molar-refractivity contribution in [3.63, 3.8) is 0 Å². The fraction of sp³-hybridized carbons (Fsp3) is 0.273. The predicted molar refractivity (Wildman–Crippen MR) is 108 cm³/mol. The van der Waals surface area contributed by atoms with Gasteiger partial charge in [-0.05, 0) is 46.4 Å². The fourth-order valence-electron chi connectivity index (χ4n) is 4.33. The molecule has 28 heavy (non-hydrogen) atoms. The van der Waals surface area contributed by atoms with E-state index in [2.05, 4.69) is 10.3 Å². The first-order valence-electron chi connectivity index (χ1n) is 9.54. The molecular weight excluding hydrogens is 357 g/mol. The van der Waals surface area contributed by atoms with E-state index in [0.29, 0.717) is 16.9 Å². The van der Waals surface area contributed by atoms with E-state index in [1.807, 2.05) is 50.3 Å². The van der Waals surface area contributed by atoms with E-state index in [0.717, 1.165) is 34.8 Å². The first-order valence-corrected chi connectivity index (χ1v) is 9.54. The number of carbonyl (C=O) groups is 1. The summed E-state index contributed by atoms with van der Waals surface area (Å²) in [5.74, 6) is -2.26. The highest BCUT2D eigenvalue weighted by Crippen LogP contribution is 2.50. The standard InChI is InChI=1S/C22H19BF2N2O/c23-19-17-4-2-1-3-13(17)10-18(26-19)27-20(28)21(7-8-21)16-6-5-14-11-22(24,25)12-15(14)9-16/h1-6,9-10H,7-8,11-12,23H2,(H,26,27,28). The summed E-state index contributed by atoms with van der Waals surface area (Å²) in [7, 11) is 1.92. The van der Waals surface area contributed by atoms with Gasteiger partial charge in [-0.2, -0.15) is 0 Å². The number of rotatable bonds is 3. The molecule has 3 aromatic rings. The SMILES string of the molecule is Bc1nc(NC(=O)C2(c3ccc4c(c3)CC(F)(F)C4)CC2)cc2ccccc12. The van der Waals surface area contributed by atoms with Crippen molar-refractivity contribution in [3.05, 3.63) is 65.2 Å². The number of nitrogens with zero attached hydrogens (tertiary/aromatic N) is 1. The number of halogens is 2. The van der Waals surface area contributed by atoms with Crippen LogP contribution in [0.1, 0.15) is 29.5 Å². The zero-order valence-electron chi connectivity index (χ0n) is 15.6.